The van der Waals surface area contributed by atoms with Crippen LogP contribution >= 0.6 is 38.5 Å². The summed E-state index contributed by atoms with van der Waals surface area (Å²) in [7, 11) is 0. The molecule has 0 aromatic heterocycles. The number of nitrogens with one attached hydrogen (secondary N) is 1. The molecular formula is C15H12BrIN2O2. The Morgan fingerprint density at radius 1 is 1.38 bits per heavy atom. The van der Waals surface area contributed by atoms with E-state index in [0.29, 0.717) is 15.6 Å². The first-order chi connectivity index (χ1) is 9.99. The molecule has 4 nitrogen and oxygen atoms in total. The number of phenolic OH excluding ortho intramolecular Hbond substituents is 1. The highest BCUT2D eigenvalue weighted by atomic mass is 127. The molecule has 21 heavy (non-hydrogen) atoms. The van der Waals surface area contributed by atoms with Gasteiger partial charge in [-0.1, -0.05) is 12.1 Å². The summed E-state index contributed by atoms with van der Waals surface area (Å²) in [4.78, 5) is 12.0. The normalized spacial score (nSPS) is 10.8. The first-order valence-electron chi connectivity index (χ1n) is 6.06. The van der Waals surface area contributed by atoms with Crippen LogP contribution in [0.15, 0.2) is 46.0 Å². The molecule has 0 aliphatic carbocycles. The number of halogens is 2. The number of rotatable bonds is 3. The fourth-order valence-corrected chi connectivity index (χ4v) is 2.99. The average Bonchev–Trinajstić information content (AvgIpc) is 2.44. The van der Waals surface area contributed by atoms with Crippen molar-refractivity contribution in [1.82, 2.24) is 5.43 Å². The first kappa shape index (κ1) is 16.0. The van der Waals surface area contributed by atoms with E-state index in [0.717, 1.165) is 9.13 Å². The maximum Gasteiger partial charge on any atom is 0.272 e. The number of hydrazone groups is 1. The molecule has 1 amide bonds. The van der Waals surface area contributed by atoms with Gasteiger partial charge in [-0.2, -0.15) is 5.10 Å². The Morgan fingerprint density at radius 3 is 2.81 bits per heavy atom. The number of carbonyl (C=O) groups excluding carboxylic acids is 1. The third kappa shape index (κ3) is 4.04. The number of nitrogens with zero attached hydrogens (tertiary/aromatic N) is 1. The Morgan fingerprint density at radius 2 is 2.10 bits per heavy atom. The second-order valence-corrected chi connectivity index (χ2v) is 6.44. The second-order valence-electron chi connectivity index (χ2n) is 4.34. The molecule has 0 spiro atoms. The third-order valence-electron chi connectivity index (χ3n) is 2.78. The Labute approximate surface area is 144 Å². The van der Waals surface area contributed by atoms with E-state index in [9.17, 15) is 9.90 Å². The van der Waals surface area contributed by atoms with Crippen molar-refractivity contribution in [3.05, 3.63) is 61.1 Å². The lowest BCUT2D eigenvalue weighted by Crippen LogP contribution is -2.18. The lowest BCUT2D eigenvalue weighted by Gasteiger charge is -2.05. The predicted octanol–water partition coefficient (Wildman–Crippen LogP) is 3.83. The van der Waals surface area contributed by atoms with Crippen LogP contribution in [0.4, 0.5) is 0 Å². The Kier molecular flexibility index (Phi) is 5.35. The maximum absolute atomic E-state index is 12.0. The monoisotopic (exact) mass is 458 g/mol. The van der Waals surface area contributed by atoms with Crippen molar-refractivity contribution in [3.8, 4) is 5.75 Å². The van der Waals surface area contributed by atoms with Crippen molar-refractivity contribution in [1.29, 1.82) is 0 Å². The molecule has 0 heterocycles. The van der Waals surface area contributed by atoms with Crippen molar-refractivity contribution in [2.24, 2.45) is 5.10 Å². The van der Waals surface area contributed by atoms with Crippen LogP contribution in [-0.4, -0.2) is 17.2 Å². The van der Waals surface area contributed by atoms with Gasteiger partial charge in [-0.05, 0) is 75.3 Å². The molecule has 2 aromatic rings. The van der Waals surface area contributed by atoms with Crippen molar-refractivity contribution in [2.45, 2.75) is 6.92 Å². The Balaban J connectivity index is 2.13. The van der Waals surface area contributed by atoms with Gasteiger partial charge in [0.1, 0.15) is 5.75 Å². The summed E-state index contributed by atoms with van der Waals surface area (Å²) in [5, 5.41) is 13.8. The van der Waals surface area contributed by atoms with Gasteiger partial charge in [0.25, 0.3) is 5.91 Å². The van der Waals surface area contributed by atoms with E-state index in [1.54, 1.807) is 24.3 Å². The van der Waals surface area contributed by atoms with Gasteiger partial charge in [0.05, 0.1) is 11.8 Å². The molecule has 0 aliphatic rings. The van der Waals surface area contributed by atoms with Crippen LogP contribution in [0.3, 0.4) is 0 Å². The van der Waals surface area contributed by atoms with Crippen LogP contribution in [0.2, 0.25) is 0 Å². The molecule has 6 heteroatoms. The van der Waals surface area contributed by atoms with E-state index >= 15 is 0 Å². The molecule has 0 saturated carbocycles. The quantitative estimate of drug-likeness (QED) is 0.417. The zero-order valence-corrected chi connectivity index (χ0v) is 14.8. The number of carbonyl (C=O) groups is 1. The van der Waals surface area contributed by atoms with E-state index in [1.807, 2.05) is 19.1 Å². The van der Waals surface area contributed by atoms with Crippen LogP contribution in [0.25, 0.3) is 0 Å². The minimum atomic E-state index is -0.319. The summed E-state index contributed by atoms with van der Waals surface area (Å²) in [6, 6.07) is 10.7. The molecule has 2 N–H and O–H groups in total. The Hall–Kier alpha value is -1.41. The molecule has 2 rings (SSSR count). The highest BCUT2D eigenvalue weighted by molar-refractivity contribution is 14.1. The zero-order valence-electron chi connectivity index (χ0n) is 11.1. The average molecular weight is 459 g/mol. The minimum Gasteiger partial charge on any atom is -0.507 e. The highest BCUT2D eigenvalue weighted by Crippen LogP contribution is 2.23. The number of hydrogen-bond donors (Lipinski definition) is 2. The predicted molar refractivity (Wildman–Crippen MR) is 94.8 cm³/mol. The molecule has 108 valence electrons. The number of amides is 1. The van der Waals surface area contributed by atoms with Crippen LogP contribution in [-0.2, 0) is 0 Å². The van der Waals surface area contributed by atoms with E-state index in [-0.39, 0.29) is 11.7 Å². The van der Waals surface area contributed by atoms with Crippen LogP contribution in [0.1, 0.15) is 21.5 Å². The summed E-state index contributed by atoms with van der Waals surface area (Å²) >= 11 is 5.47. The van der Waals surface area contributed by atoms with Gasteiger partial charge in [-0.15, -0.1) is 0 Å². The van der Waals surface area contributed by atoms with E-state index < -0.39 is 0 Å². The van der Waals surface area contributed by atoms with E-state index in [1.165, 1.54) is 6.21 Å². The fraction of sp³-hybridized carbons (Fsp3) is 0.0667. The van der Waals surface area contributed by atoms with E-state index in [4.69, 9.17) is 0 Å². The molecule has 0 atom stereocenters. The minimum absolute atomic E-state index is 0.161. The van der Waals surface area contributed by atoms with Gasteiger partial charge in [0.2, 0.25) is 0 Å². The summed E-state index contributed by atoms with van der Waals surface area (Å²) in [5.41, 5.74) is 4.27. The summed E-state index contributed by atoms with van der Waals surface area (Å²) < 4.78 is 1.69. The first-order valence-corrected chi connectivity index (χ1v) is 7.93. The molecule has 0 saturated heterocycles. The van der Waals surface area contributed by atoms with Crippen LogP contribution < -0.4 is 5.43 Å². The van der Waals surface area contributed by atoms with Gasteiger partial charge in [-0.3, -0.25) is 4.79 Å². The fourth-order valence-electron chi connectivity index (χ4n) is 1.73. The molecular weight excluding hydrogens is 447 g/mol. The highest BCUT2D eigenvalue weighted by Gasteiger charge is 2.08. The SMILES string of the molecule is Cc1cc(I)cc(/C=N\NC(=O)c2ccccc2Br)c1O. The van der Waals surface area contributed by atoms with Gasteiger partial charge in [0, 0.05) is 13.6 Å². The topological polar surface area (TPSA) is 61.7 Å². The van der Waals surface area contributed by atoms with E-state index in [2.05, 4.69) is 49.0 Å². The lowest BCUT2D eigenvalue weighted by atomic mass is 10.1. The van der Waals surface area contributed by atoms with Crippen molar-refractivity contribution in [2.75, 3.05) is 0 Å². The second kappa shape index (κ2) is 7.04. The number of phenols is 1. The number of aryl methyl sites for hydroxylation is 1. The standard InChI is InChI=1S/C15H12BrIN2O2/c1-9-6-11(17)7-10(14(9)20)8-18-19-15(21)12-4-2-3-5-13(12)16/h2-8,20H,1H3,(H,19,21)/b18-8-. The number of benzene rings is 2. The van der Waals surface area contributed by atoms with Crippen molar-refractivity contribution in [3.63, 3.8) is 0 Å². The number of hydrogen-bond acceptors (Lipinski definition) is 3. The summed E-state index contributed by atoms with van der Waals surface area (Å²) in [6.07, 6.45) is 1.43. The van der Waals surface area contributed by atoms with Gasteiger partial charge in [0.15, 0.2) is 0 Å². The van der Waals surface area contributed by atoms with Crippen LogP contribution in [0, 0.1) is 10.5 Å². The summed E-state index contributed by atoms with van der Waals surface area (Å²) in [6.45, 7) is 1.81. The lowest BCUT2D eigenvalue weighted by molar-refractivity contribution is 0.0954. The molecule has 0 aliphatic heterocycles. The van der Waals surface area contributed by atoms with Crippen molar-refractivity contribution >= 4 is 50.6 Å². The van der Waals surface area contributed by atoms with Gasteiger partial charge >= 0.3 is 0 Å². The largest absolute Gasteiger partial charge is 0.507 e. The van der Waals surface area contributed by atoms with Gasteiger partial charge in [-0.25, -0.2) is 5.43 Å². The molecule has 0 fully saturated rings. The molecule has 0 unspecified atom stereocenters. The molecule has 0 bridgehead atoms. The maximum atomic E-state index is 12.0. The smallest absolute Gasteiger partial charge is 0.272 e. The number of aromatic hydroxyl groups is 1. The summed E-state index contributed by atoms with van der Waals surface area (Å²) in [5.74, 6) is -0.158. The molecule has 0 radical (unpaired) electrons. The molecule has 2 aromatic carbocycles. The van der Waals surface area contributed by atoms with Crippen molar-refractivity contribution < 1.29 is 9.90 Å². The Bertz CT molecular complexity index is 717. The van der Waals surface area contributed by atoms with Crippen LogP contribution in [0.5, 0.6) is 5.75 Å². The third-order valence-corrected chi connectivity index (χ3v) is 4.10. The zero-order chi connectivity index (χ0) is 15.4. The van der Waals surface area contributed by atoms with Gasteiger partial charge < -0.3 is 5.11 Å².